The van der Waals surface area contributed by atoms with Crippen molar-refractivity contribution in [2.45, 2.75) is 31.9 Å². The van der Waals surface area contributed by atoms with E-state index in [0.717, 1.165) is 39.0 Å². The molecule has 5 nitrogen and oxygen atoms in total. The summed E-state index contributed by atoms with van der Waals surface area (Å²) in [7, 11) is -3.10. The van der Waals surface area contributed by atoms with Crippen molar-refractivity contribution in [1.29, 1.82) is 0 Å². The Bertz CT molecular complexity index is 296. The predicted molar refractivity (Wildman–Crippen MR) is 70.6 cm³/mol. The standard InChI is InChI=1S/C11H25N3O2S/c1-3-14(4-2)9-5-7-13-17(15,16)11-6-8-12-10-11/h11-13H,3-10H2,1-2H3. The molecule has 1 aliphatic rings. The second-order valence-corrected chi connectivity index (χ2v) is 6.48. The third-order valence-electron chi connectivity index (χ3n) is 3.30. The zero-order chi connectivity index (χ0) is 12.7. The molecule has 0 aromatic carbocycles. The average Bonchev–Trinajstić information content (AvgIpc) is 2.83. The zero-order valence-corrected chi connectivity index (χ0v) is 11.7. The quantitative estimate of drug-likeness (QED) is 0.605. The lowest BCUT2D eigenvalue weighted by molar-refractivity contribution is 0.300. The van der Waals surface area contributed by atoms with Crippen molar-refractivity contribution in [3.63, 3.8) is 0 Å². The predicted octanol–water partition coefficient (Wildman–Crippen LogP) is -0.000400. The molecule has 1 heterocycles. The summed E-state index contributed by atoms with van der Waals surface area (Å²) in [4.78, 5) is 2.30. The van der Waals surface area contributed by atoms with Crippen LogP contribution in [0.25, 0.3) is 0 Å². The van der Waals surface area contributed by atoms with Crippen molar-refractivity contribution in [2.75, 3.05) is 39.3 Å². The highest BCUT2D eigenvalue weighted by Gasteiger charge is 2.27. The minimum absolute atomic E-state index is 0.240. The van der Waals surface area contributed by atoms with Gasteiger partial charge in [-0.25, -0.2) is 13.1 Å². The van der Waals surface area contributed by atoms with Crippen LogP contribution in [0.15, 0.2) is 0 Å². The molecule has 17 heavy (non-hydrogen) atoms. The largest absolute Gasteiger partial charge is 0.315 e. The Kier molecular flexibility index (Phi) is 6.40. The van der Waals surface area contributed by atoms with Gasteiger partial charge in [0.15, 0.2) is 0 Å². The summed E-state index contributed by atoms with van der Waals surface area (Å²) in [6, 6.07) is 0. The first-order valence-electron chi connectivity index (χ1n) is 6.51. The van der Waals surface area contributed by atoms with Gasteiger partial charge in [-0.05, 0) is 39.0 Å². The van der Waals surface area contributed by atoms with Crippen LogP contribution in [0.4, 0.5) is 0 Å². The van der Waals surface area contributed by atoms with Crippen LogP contribution in [0.3, 0.4) is 0 Å². The Morgan fingerprint density at radius 3 is 2.59 bits per heavy atom. The lowest BCUT2D eigenvalue weighted by Gasteiger charge is -2.18. The van der Waals surface area contributed by atoms with Crippen LogP contribution in [-0.2, 0) is 10.0 Å². The van der Waals surface area contributed by atoms with Gasteiger partial charge >= 0.3 is 0 Å². The molecule has 1 aliphatic heterocycles. The van der Waals surface area contributed by atoms with E-state index in [9.17, 15) is 8.42 Å². The Morgan fingerprint density at radius 1 is 1.35 bits per heavy atom. The van der Waals surface area contributed by atoms with E-state index < -0.39 is 10.0 Å². The minimum atomic E-state index is -3.10. The lowest BCUT2D eigenvalue weighted by atomic mass is 10.4. The van der Waals surface area contributed by atoms with Gasteiger partial charge in [0, 0.05) is 13.1 Å². The van der Waals surface area contributed by atoms with E-state index in [1.807, 2.05) is 0 Å². The summed E-state index contributed by atoms with van der Waals surface area (Å²) in [5.74, 6) is 0. The first-order valence-corrected chi connectivity index (χ1v) is 8.06. The van der Waals surface area contributed by atoms with Crippen molar-refractivity contribution in [3.05, 3.63) is 0 Å². The number of hydrogen-bond donors (Lipinski definition) is 2. The normalized spacial score (nSPS) is 21.2. The van der Waals surface area contributed by atoms with Crippen LogP contribution in [0.1, 0.15) is 26.7 Å². The van der Waals surface area contributed by atoms with Crippen molar-refractivity contribution >= 4 is 10.0 Å². The molecule has 0 aliphatic carbocycles. The van der Waals surface area contributed by atoms with Gasteiger partial charge in [-0.2, -0.15) is 0 Å². The highest BCUT2D eigenvalue weighted by atomic mass is 32.2. The molecule has 0 aromatic heterocycles. The van der Waals surface area contributed by atoms with E-state index in [2.05, 4.69) is 28.8 Å². The summed E-state index contributed by atoms with van der Waals surface area (Å²) < 4.78 is 26.4. The molecule has 1 fully saturated rings. The molecule has 0 saturated carbocycles. The van der Waals surface area contributed by atoms with Gasteiger partial charge in [0.05, 0.1) is 5.25 Å². The third-order valence-corrected chi connectivity index (χ3v) is 5.19. The molecular formula is C11H25N3O2S. The Hall–Kier alpha value is -0.170. The minimum Gasteiger partial charge on any atom is -0.315 e. The van der Waals surface area contributed by atoms with Crippen molar-refractivity contribution in [2.24, 2.45) is 0 Å². The summed E-state index contributed by atoms with van der Waals surface area (Å²) in [6.07, 6.45) is 1.60. The molecule has 2 N–H and O–H groups in total. The molecule has 0 aromatic rings. The lowest BCUT2D eigenvalue weighted by Crippen LogP contribution is -2.37. The fourth-order valence-corrected chi connectivity index (χ4v) is 3.50. The summed E-state index contributed by atoms with van der Waals surface area (Å²) in [5, 5.41) is 2.84. The molecule has 0 spiro atoms. The average molecular weight is 263 g/mol. The van der Waals surface area contributed by atoms with Crippen molar-refractivity contribution in [1.82, 2.24) is 14.9 Å². The van der Waals surface area contributed by atoms with Crippen LogP contribution >= 0.6 is 0 Å². The van der Waals surface area contributed by atoms with Crippen molar-refractivity contribution < 1.29 is 8.42 Å². The Labute approximate surface area is 105 Å². The van der Waals surface area contributed by atoms with Gasteiger partial charge < -0.3 is 10.2 Å². The fourth-order valence-electron chi connectivity index (χ4n) is 2.07. The first kappa shape index (κ1) is 14.9. The Balaban J connectivity index is 2.21. The summed E-state index contributed by atoms with van der Waals surface area (Å²) >= 11 is 0. The van der Waals surface area contributed by atoms with E-state index in [0.29, 0.717) is 13.1 Å². The van der Waals surface area contributed by atoms with Gasteiger partial charge in [0.25, 0.3) is 0 Å². The molecule has 0 amide bonds. The maximum Gasteiger partial charge on any atom is 0.215 e. The van der Waals surface area contributed by atoms with Crippen LogP contribution < -0.4 is 10.0 Å². The summed E-state index contributed by atoms with van der Waals surface area (Å²) in [5.41, 5.74) is 0. The topological polar surface area (TPSA) is 61.4 Å². The van der Waals surface area contributed by atoms with Gasteiger partial charge in [0.1, 0.15) is 0 Å². The molecule has 1 unspecified atom stereocenters. The van der Waals surface area contributed by atoms with Crippen molar-refractivity contribution in [3.8, 4) is 0 Å². The van der Waals surface area contributed by atoms with Crippen LogP contribution in [0.5, 0.6) is 0 Å². The first-order chi connectivity index (χ1) is 8.10. The molecular weight excluding hydrogens is 238 g/mol. The second-order valence-electron chi connectivity index (χ2n) is 4.43. The zero-order valence-electron chi connectivity index (χ0n) is 10.9. The molecule has 1 rings (SSSR count). The van der Waals surface area contributed by atoms with E-state index in [4.69, 9.17) is 0 Å². The maximum absolute atomic E-state index is 11.9. The number of nitrogens with one attached hydrogen (secondary N) is 2. The highest BCUT2D eigenvalue weighted by molar-refractivity contribution is 7.90. The molecule has 6 heteroatoms. The number of rotatable bonds is 8. The number of sulfonamides is 1. The molecule has 102 valence electrons. The fraction of sp³-hybridized carbons (Fsp3) is 1.00. The number of nitrogens with zero attached hydrogens (tertiary/aromatic N) is 1. The smallest absolute Gasteiger partial charge is 0.215 e. The second kappa shape index (κ2) is 7.31. The Morgan fingerprint density at radius 2 is 2.06 bits per heavy atom. The highest BCUT2D eigenvalue weighted by Crippen LogP contribution is 2.07. The molecule has 1 atom stereocenters. The van der Waals surface area contributed by atoms with E-state index in [1.165, 1.54) is 0 Å². The van der Waals surface area contributed by atoms with E-state index in [-0.39, 0.29) is 5.25 Å². The van der Waals surface area contributed by atoms with Gasteiger partial charge in [-0.3, -0.25) is 0 Å². The maximum atomic E-state index is 11.9. The van der Waals surface area contributed by atoms with Crippen LogP contribution in [0.2, 0.25) is 0 Å². The SMILES string of the molecule is CCN(CC)CCCNS(=O)(=O)C1CCNC1. The number of hydrogen-bond acceptors (Lipinski definition) is 4. The van der Waals surface area contributed by atoms with Gasteiger partial charge in [0.2, 0.25) is 10.0 Å². The monoisotopic (exact) mass is 263 g/mol. The molecule has 1 saturated heterocycles. The van der Waals surface area contributed by atoms with Gasteiger partial charge in [-0.15, -0.1) is 0 Å². The van der Waals surface area contributed by atoms with E-state index >= 15 is 0 Å². The molecule has 0 radical (unpaired) electrons. The molecule has 0 bridgehead atoms. The third kappa shape index (κ3) is 4.91. The van der Waals surface area contributed by atoms with Crippen LogP contribution in [0, 0.1) is 0 Å². The van der Waals surface area contributed by atoms with E-state index in [1.54, 1.807) is 0 Å². The van der Waals surface area contributed by atoms with Crippen LogP contribution in [-0.4, -0.2) is 57.8 Å². The summed E-state index contributed by atoms with van der Waals surface area (Å²) in [6.45, 7) is 9.20. The van der Waals surface area contributed by atoms with Gasteiger partial charge in [-0.1, -0.05) is 13.8 Å².